The van der Waals surface area contributed by atoms with Gasteiger partial charge < -0.3 is 9.57 Å². The molecule has 0 spiro atoms. The molecule has 1 rings (SSSR count). The van der Waals surface area contributed by atoms with E-state index in [0.717, 1.165) is 16.1 Å². The standard InChI is InChI=1S/C10H16ClN5O2SSi/c1-20(2,11)8-19-10-13-5-9(6-14-10)7-17-3-4-18-16-15-12/h5-6H,3-4,7-8H2,1-2H3. The molecule has 10 heteroatoms. The molecule has 0 saturated carbocycles. The molecule has 0 fully saturated rings. The van der Waals surface area contributed by atoms with Gasteiger partial charge in [-0.05, 0) is 5.53 Å². The zero-order valence-electron chi connectivity index (χ0n) is 11.3. The van der Waals surface area contributed by atoms with E-state index in [-0.39, 0.29) is 6.61 Å². The van der Waals surface area contributed by atoms with E-state index in [1.54, 1.807) is 24.2 Å². The third-order valence-electron chi connectivity index (χ3n) is 1.91. The summed E-state index contributed by atoms with van der Waals surface area (Å²) in [7, 11) is -1.61. The Bertz CT molecular complexity index is 450. The van der Waals surface area contributed by atoms with Crippen LogP contribution in [0.25, 0.3) is 10.4 Å². The topological polar surface area (TPSA) is 93.0 Å². The molecule has 0 bridgehead atoms. The zero-order chi connectivity index (χ0) is 14.8. The highest BCUT2D eigenvalue weighted by atomic mass is 35.6. The highest BCUT2D eigenvalue weighted by molar-refractivity contribution is 8.01. The Labute approximate surface area is 127 Å². The number of azide groups is 1. The molecule has 0 aliphatic carbocycles. The highest BCUT2D eigenvalue weighted by Crippen LogP contribution is 2.20. The Hall–Kier alpha value is -0.993. The van der Waals surface area contributed by atoms with Crippen molar-refractivity contribution in [2.24, 2.45) is 5.28 Å². The minimum absolute atomic E-state index is 0.217. The second-order valence-corrected chi connectivity index (χ2v) is 12.8. The molecule has 110 valence electrons. The summed E-state index contributed by atoms with van der Waals surface area (Å²) in [6.07, 6.45) is 3.46. The summed E-state index contributed by atoms with van der Waals surface area (Å²) < 4.78 is 5.31. The number of thioether (sulfide) groups is 1. The first-order valence-corrected chi connectivity index (χ1v) is 11.1. The van der Waals surface area contributed by atoms with E-state index in [4.69, 9.17) is 21.3 Å². The minimum atomic E-state index is -1.61. The van der Waals surface area contributed by atoms with E-state index in [9.17, 15) is 0 Å². The maximum Gasteiger partial charge on any atom is 0.187 e. The molecule has 1 heterocycles. The number of aromatic nitrogens is 2. The average molecular weight is 334 g/mol. The SMILES string of the molecule is C[Si](C)(Cl)CSc1ncc(COCCON=[N+]=[N-])cn1. The van der Waals surface area contributed by atoms with E-state index in [0.29, 0.717) is 13.2 Å². The van der Waals surface area contributed by atoms with Crippen LogP contribution < -0.4 is 0 Å². The van der Waals surface area contributed by atoms with Crippen molar-refractivity contribution in [1.29, 1.82) is 0 Å². The number of ether oxygens (including phenoxy) is 1. The van der Waals surface area contributed by atoms with Gasteiger partial charge in [0.2, 0.25) is 0 Å². The van der Waals surface area contributed by atoms with Gasteiger partial charge in [-0.15, -0.1) is 0 Å². The summed E-state index contributed by atoms with van der Waals surface area (Å²) in [6.45, 7) is 5.11. The number of hydrogen-bond acceptors (Lipinski definition) is 6. The number of rotatable bonds is 9. The fourth-order valence-electron chi connectivity index (χ4n) is 1.08. The maximum absolute atomic E-state index is 7.99. The third kappa shape index (κ3) is 8.23. The molecular weight excluding hydrogens is 318 g/mol. The van der Waals surface area contributed by atoms with Crippen LogP contribution in [0.4, 0.5) is 0 Å². The fourth-order valence-corrected chi connectivity index (χ4v) is 3.72. The quantitative estimate of drug-likeness (QED) is 0.0795. The monoisotopic (exact) mass is 333 g/mol. The van der Waals surface area contributed by atoms with Gasteiger partial charge in [-0.25, -0.2) is 9.97 Å². The molecule has 0 aliphatic rings. The van der Waals surface area contributed by atoms with Crippen molar-refractivity contribution in [2.75, 3.05) is 18.6 Å². The van der Waals surface area contributed by atoms with E-state index in [1.807, 2.05) is 0 Å². The molecule has 0 unspecified atom stereocenters. The predicted molar refractivity (Wildman–Crippen MR) is 80.8 cm³/mol. The lowest BCUT2D eigenvalue weighted by molar-refractivity contribution is 0.0408. The van der Waals surface area contributed by atoms with Gasteiger partial charge in [-0.2, -0.15) is 11.1 Å². The third-order valence-corrected chi connectivity index (χ3v) is 6.68. The van der Waals surface area contributed by atoms with Crippen molar-refractivity contribution < 1.29 is 9.57 Å². The predicted octanol–water partition coefficient (Wildman–Crippen LogP) is 3.31. The second kappa shape index (κ2) is 9.04. The molecule has 0 N–H and O–H groups in total. The summed E-state index contributed by atoms with van der Waals surface area (Å²) in [5.74, 6) is 0. The van der Waals surface area contributed by atoms with E-state index < -0.39 is 7.38 Å². The maximum atomic E-state index is 7.99. The van der Waals surface area contributed by atoms with Gasteiger partial charge in [0.05, 0.1) is 13.2 Å². The molecule has 7 nitrogen and oxygen atoms in total. The van der Waals surface area contributed by atoms with Crippen molar-refractivity contribution in [1.82, 2.24) is 9.97 Å². The Morgan fingerprint density at radius 2 is 2.10 bits per heavy atom. The Morgan fingerprint density at radius 1 is 1.40 bits per heavy atom. The fraction of sp³-hybridized carbons (Fsp3) is 0.600. The van der Waals surface area contributed by atoms with Crippen molar-refractivity contribution in [2.45, 2.75) is 24.9 Å². The molecule has 0 aromatic carbocycles. The zero-order valence-corrected chi connectivity index (χ0v) is 13.9. The van der Waals surface area contributed by atoms with Crippen LogP contribution in [0.2, 0.25) is 13.1 Å². The van der Waals surface area contributed by atoms with Gasteiger partial charge in [0, 0.05) is 28.2 Å². The first kappa shape index (κ1) is 17.1. The molecule has 0 atom stereocenters. The molecule has 0 aliphatic heterocycles. The summed E-state index contributed by atoms with van der Waals surface area (Å²) in [4.78, 5) is 15.5. The molecular formula is C10H16ClN5O2SSi. The number of hydrogen-bond donors (Lipinski definition) is 0. The molecule has 0 saturated heterocycles. The Kier molecular flexibility index (Phi) is 7.71. The Morgan fingerprint density at radius 3 is 2.70 bits per heavy atom. The molecule has 20 heavy (non-hydrogen) atoms. The molecule has 1 aromatic heterocycles. The van der Waals surface area contributed by atoms with Gasteiger partial charge in [-0.1, -0.05) is 24.9 Å². The van der Waals surface area contributed by atoms with Crippen LogP contribution in [0.3, 0.4) is 0 Å². The van der Waals surface area contributed by atoms with E-state index in [1.165, 1.54) is 0 Å². The average Bonchev–Trinajstić information content (AvgIpc) is 2.41. The first-order valence-electron chi connectivity index (χ1n) is 5.88. The van der Waals surface area contributed by atoms with Crippen LogP contribution in [0.5, 0.6) is 0 Å². The molecule has 1 aromatic rings. The van der Waals surface area contributed by atoms with Crippen molar-refractivity contribution in [3.8, 4) is 0 Å². The van der Waals surface area contributed by atoms with Gasteiger partial charge in [0.15, 0.2) is 12.5 Å². The smallest absolute Gasteiger partial charge is 0.187 e. The van der Waals surface area contributed by atoms with Gasteiger partial charge in [0.25, 0.3) is 0 Å². The van der Waals surface area contributed by atoms with Crippen LogP contribution in [0.15, 0.2) is 22.8 Å². The molecule has 0 amide bonds. The largest absolute Gasteiger partial charge is 0.431 e. The second-order valence-electron chi connectivity index (χ2n) is 4.44. The van der Waals surface area contributed by atoms with Gasteiger partial charge >= 0.3 is 0 Å². The van der Waals surface area contributed by atoms with Crippen LogP contribution in [0, 0.1) is 0 Å². The Balaban J connectivity index is 2.26. The highest BCUT2D eigenvalue weighted by Gasteiger charge is 2.17. The lowest BCUT2D eigenvalue weighted by Crippen LogP contribution is -2.20. The summed E-state index contributed by atoms with van der Waals surface area (Å²) in [5.41, 5.74) is 8.86. The van der Waals surface area contributed by atoms with Gasteiger partial charge in [-0.3, -0.25) is 0 Å². The number of nitrogens with zero attached hydrogens (tertiary/aromatic N) is 5. The van der Waals surface area contributed by atoms with E-state index >= 15 is 0 Å². The van der Waals surface area contributed by atoms with Crippen LogP contribution in [-0.4, -0.2) is 35.9 Å². The van der Waals surface area contributed by atoms with Crippen molar-refractivity contribution in [3.63, 3.8) is 0 Å². The van der Waals surface area contributed by atoms with Crippen LogP contribution in [0.1, 0.15) is 5.56 Å². The lowest BCUT2D eigenvalue weighted by Gasteiger charge is -2.10. The van der Waals surface area contributed by atoms with Crippen molar-refractivity contribution in [3.05, 3.63) is 28.4 Å². The lowest BCUT2D eigenvalue weighted by atomic mass is 10.4. The van der Waals surface area contributed by atoms with Crippen LogP contribution >= 0.6 is 22.8 Å². The molecule has 0 radical (unpaired) electrons. The normalized spacial score (nSPS) is 10.9. The number of halogens is 1. The van der Waals surface area contributed by atoms with Gasteiger partial charge in [0.1, 0.15) is 11.9 Å². The summed E-state index contributed by atoms with van der Waals surface area (Å²) in [5, 5.41) is 4.53. The summed E-state index contributed by atoms with van der Waals surface area (Å²) >= 11 is 7.81. The summed E-state index contributed by atoms with van der Waals surface area (Å²) in [6, 6.07) is 0. The van der Waals surface area contributed by atoms with Crippen LogP contribution in [-0.2, 0) is 16.2 Å². The first-order chi connectivity index (χ1) is 9.51. The van der Waals surface area contributed by atoms with E-state index in [2.05, 4.69) is 38.1 Å². The van der Waals surface area contributed by atoms with Crippen molar-refractivity contribution >= 4 is 30.2 Å². The minimum Gasteiger partial charge on any atom is -0.431 e.